The zero-order valence-electron chi connectivity index (χ0n) is 11.1. The van der Waals surface area contributed by atoms with E-state index in [4.69, 9.17) is 0 Å². The highest BCUT2D eigenvalue weighted by Gasteiger charge is 2.17. The first kappa shape index (κ1) is 14.4. The highest BCUT2D eigenvalue weighted by Crippen LogP contribution is 2.30. The number of thioether (sulfide) groups is 1. The minimum Gasteiger partial charge on any atom is -0.313 e. The van der Waals surface area contributed by atoms with Crippen molar-refractivity contribution in [1.82, 2.24) is 5.32 Å². The van der Waals surface area contributed by atoms with Crippen LogP contribution < -0.4 is 5.32 Å². The van der Waals surface area contributed by atoms with Gasteiger partial charge in [-0.1, -0.05) is 46.0 Å². The van der Waals surface area contributed by atoms with Crippen molar-refractivity contribution in [3.63, 3.8) is 0 Å². The van der Waals surface area contributed by atoms with Crippen LogP contribution in [0.4, 0.5) is 0 Å². The summed E-state index contributed by atoms with van der Waals surface area (Å²) in [6, 6.07) is 0.766. The van der Waals surface area contributed by atoms with Gasteiger partial charge < -0.3 is 5.32 Å². The average molecular weight is 243 g/mol. The molecule has 96 valence electrons. The maximum Gasteiger partial charge on any atom is 0.0158 e. The summed E-state index contributed by atoms with van der Waals surface area (Å²) in [5.74, 6) is 1.34. The second-order valence-electron chi connectivity index (χ2n) is 4.99. The molecule has 0 amide bonds. The monoisotopic (exact) mass is 243 g/mol. The lowest BCUT2D eigenvalue weighted by molar-refractivity contribution is 0.505. The third-order valence-corrected chi connectivity index (χ3v) is 5.02. The summed E-state index contributed by atoms with van der Waals surface area (Å²) < 4.78 is 0. The third kappa shape index (κ3) is 6.15. The van der Waals surface area contributed by atoms with Crippen LogP contribution in [-0.4, -0.2) is 23.6 Å². The Hall–Kier alpha value is 0.310. The molecular formula is C14H29NS. The van der Waals surface area contributed by atoms with Crippen molar-refractivity contribution >= 4 is 11.8 Å². The molecule has 1 fully saturated rings. The average Bonchev–Trinajstić information content (AvgIpc) is 2.79. The van der Waals surface area contributed by atoms with E-state index in [1.54, 1.807) is 0 Å². The predicted octanol–water partition coefficient (Wildman–Crippen LogP) is 4.22. The second-order valence-corrected chi connectivity index (χ2v) is 6.32. The molecule has 0 heterocycles. The van der Waals surface area contributed by atoms with Crippen LogP contribution in [0.15, 0.2) is 0 Å². The summed E-state index contributed by atoms with van der Waals surface area (Å²) in [6.07, 6.45) is 11.4. The fraction of sp³-hybridized carbons (Fsp3) is 1.00. The second kappa shape index (κ2) is 9.35. The van der Waals surface area contributed by atoms with Gasteiger partial charge in [0.05, 0.1) is 0 Å². The van der Waals surface area contributed by atoms with Gasteiger partial charge in [0.2, 0.25) is 0 Å². The Labute approximate surface area is 106 Å². The lowest BCUT2D eigenvalue weighted by Gasteiger charge is -2.19. The summed E-state index contributed by atoms with van der Waals surface area (Å²) in [6.45, 7) is 5.64. The van der Waals surface area contributed by atoms with Crippen molar-refractivity contribution in [2.45, 2.75) is 76.5 Å². The molecular weight excluding hydrogens is 214 g/mol. The summed E-state index contributed by atoms with van der Waals surface area (Å²) in [5.41, 5.74) is 0. The van der Waals surface area contributed by atoms with Crippen molar-refractivity contribution in [1.29, 1.82) is 0 Å². The van der Waals surface area contributed by atoms with E-state index in [0.29, 0.717) is 0 Å². The summed E-state index contributed by atoms with van der Waals surface area (Å²) in [7, 11) is 0. The predicted molar refractivity (Wildman–Crippen MR) is 76.3 cm³/mol. The van der Waals surface area contributed by atoms with Gasteiger partial charge in [-0.2, -0.15) is 11.8 Å². The smallest absolute Gasteiger partial charge is 0.0158 e. The molecule has 1 rings (SSSR count). The molecule has 0 aliphatic heterocycles. The van der Waals surface area contributed by atoms with Gasteiger partial charge in [0.25, 0.3) is 0 Å². The highest BCUT2D eigenvalue weighted by molar-refractivity contribution is 7.99. The zero-order chi connectivity index (χ0) is 11.6. The highest BCUT2D eigenvalue weighted by atomic mass is 32.2. The molecule has 2 heteroatoms. The molecule has 0 saturated heterocycles. The Morgan fingerprint density at radius 2 is 1.94 bits per heavy atom. The lowest BCUT2D eigenvalue weighted by atomic mass is 10.1. The van der Waals surface area contributed by atoms with Gasteiger partial charge in [0, 0.05) is 17.0 Å². The van der Waals surface area contributed by atoms with E-state index in [-0.39, 0.29) is 0 Å². The van der Waals surface area contributed by atoms with Crippen LogP contribution in [0.1, 0.15) is 65.2 Å². The first-order chi connectivity index (χ1) is 7.86. The molecule has 1 aliphatic carbocycles. The van der Waals surface area contributed by atoms with Gasteiger partial charge in [-0.15, -0.1) is 0 Å². The Morgan fingerprint density at radius 3 is 2.56 bits per heavy atom. The fourth-order valence-corrected chi connectivity index (χ4v) is 3.94. The fourth-order valence-electron chi connectivity index (χ4n) is 2.48. The van der Waals surface area contributed by atoms with Gasteiger partial charge >= 0.3 is 0 Å². The van der Waals surface area contributed by atoms with Crippen molar-refractivity contribution in [3.8, 4) is 0 Å². The van der Waals surface area contributed by atoms with Crippen molar-refractivity contribution in [2.24, 2.45) is 0 Å². The molecule has 1 N–H and O–H groups in total. The Morgan fingerprint density at radius 1 is 1.19 bits per heavy atom. The van der Waals surface area contributed by atoms with Crippen LogP contribution >= 0.6 is 11.8 Å². The van der Waals surface area contributed by atoms with Crippen molar-refractivity contribution in [2.75, 3.05) is 12.3 Å². The van der Waals surface area contributed by atoms with Gasteiger partial charge in [0.15, 0.2) is 0 Å². The van der Waals surface area contributed by atoms with E-state index in [1.807, 2.05) is 0 Å². The Balaban J connectivity index is 2.10. The molecule has 0 aromatic heterocycles. The maximum absolute atomic E-state index is 3.64. The third-order valence-electron chi connectivity index (χ3n) is 3.48. The van der Waals surface area contributed by atoms with Crippen LogP contribution in [0.25, 0.3) is 0 Å². The molecule has 1 atom stereocenters. The molecule has 0 bridgehead atoms. The molecule has 1 nitrogen and oxygen atoms in total. The normalized spacial score (nSPS) is 19.1. The minimum atomic E-state index is 0.766. The standard InChI is InChI=1S/C14H29NS/c1-3-5-6-9-13(15-4-2)12-16-14-10-7-8-11-14/h13-15H,3-12H2,1-2H3. The topological polar surface area (TPSA) is 12.0 Å². The van der Waals surface area contributed by atoms with E-state index in [1.165, 1.54) is 57.1 Å². The molecule has 16 heavy (non-hydrogen) atoms. The van der Waals surface area contributed by atoms with Crippen LogP contribution in [0.2, 0.25) is 0 Å². The largest absolute Gasteiger partial charge is 0.313 e. The minimum absolute atomic E-state index is 0.766. The SMILES string of the molecule is CCCCCC(CSC1CCCC1)NCC. The van der Waals surface area contributed by atoms with E-state index in [0.717, 1.165) is 17.8 Å². The quantitative estimate of drug-likeness (QED) is 0.609. The number of unbranched alkanes of at least 4 members (excludes halogenated alkanes) is 2. The first-order valence-electron chi connectivity index (χ1n) is 7.21. The number of nitrogens with one attached hydrogen (secondary N) is 1. The number of hydrogen-bond donors (Lipinski definition) is 1. The maximum atomic E-state index is 3.64. The van der Waals surface area contributed by atoms with E-state index >= 15 is 0 Å². The Kier molecular flexibility index (Phi) is 8.40. The summed E-state index contributed by atoms with van der Waals surface area (Å²) in [4.78, 5) is 0. The molecule has 0 radical (unpaired) electrons. The van der Waals surface area contributed by atoms with Crippen LogP contribution in [0.3, 0.4) is 0 Å². The van der Waals surface area contributed by atoms with Crippen molar-refractivity contribution in [3.05, 3.63) is 0 Å². The number of rotatable bonds is 9. The van der Waals surface area contributed by atoms with Gasteiger partial charge in [-0.25, -0.2) is 0 Å². The Bertz CT molecular complexity index is 155. The van der Waals surface area contributed by atoms with Crippen molar-refractivity contribution < 1.29 is 0 Å². The van der Waals surface area contributed by atoms with Gasteiger partial charge in [-0.05, 0) is 25.8 Å². The molecule has 1 saturated carbocycles. The van der Waals surface area contributed by atoms with Gasteiger partial charge in [-0.3, -0.25) is 0 Å². The van der Waals surface area contributed by atoms with E-state index < -0.39 is 0 Å². The van der Waals surface area contributed by atoms with Crippen LogP contribution in [0.5, 0.6) is 0 Å². The number of hydrogen-bond acceptors (Lipinski definition) is 2. The van der Waals surface area contributed by atoms with Crippen LogP contribution in [0, 0.1) is 0 Å². The van der Waals surface area contributed by atoms with Gasteiger partial charge in [0.1, 0.15) is 0 Å². The van der Waals surface area contributed by atoms with Crippen LogP contribution in [-0.2, 0) is 0 Å². The molecule has 0 spiro atoms. The zero-order valence-corrected chi connectivity index (χ0v) is 12.0. The van der Waals surface area contributed by atoms with E-state index in [9.17, 15) is 0 Å². The summed E-state index contributed by atoms with van der Waals surface area (Å²) in [5, 5.41) is 4.62. The summed E-state index contributed by atoms with van der Waals surface area (Å²) >= 11 is 2.23. The molecule has 1 unspecified atom stereocenters. The molecule has 0 aromatic carbocycles. The molecule has 1 aliphatic rings. The first-order valence-corrected chi connectivity index (χ1v) is 8.26. The van der Waals surface area contributed by atoms with E-state index in [2.05, 4.69) is 30.9 Å². The molecule has 0 aromatic rings. The lowest BCUT2D eigenvalue weighted by Crippen LogP contribution is -2.31.